The van der Waals surface area contributed by atoms with Crippen LogP contribution < -0.4 is 5.32 Å². The maximum Gasteiger partial charge on any atom is 0.0897 e. The zero-order valence-corrected chi connectivity index (χ0v) is 8.77. The van der Waals surface area contributed by atoms with Crippen molar-refractivity contribution in [3.63, 3.8) is 0 Å². The van der Waals surface area contributed by atoms with E-state index in [-0.39, 0.29) is 0 Å². The zero-order chi connectivity index (χ0) is 9.80. The van der Waals surface area contributed by atoms with Crippen LogP contribution in [0.25, 0.3) is 0 Å². The first-order chi connectivity index (χ1) is 6.84. The summed E-state index contributed by atoms with van der Waals surface area (Å²) in [6.45, 7) is 3.63. The van der Waals surface area contributed by atoms with Crippen molar-refractivity contribution in [3.05, 3.63) is 34.0 Å². The second-order valence-electron chi connectivity index (χ2n) is 3.04. The van der Waals surface area contributed by atoms with Gasteiger partial charge in [-0.25, -0.2) is 4.98 Å². The quantitative estimate of drug-likeness (QED) is 0.800. The number of thiazole rings is 1. The van der Waals surface area contributed by atoms with E-state index >= 15 is 0 Å². The summed E-state index contributed by atoms with van der Waals surface area (Å²) in [5.74, 6) is 0. The number of aromatic amines is 1. The summed E-state index contributed by atoms with van der Waals surface area (Å²) >= 11 is 1.68. The van der Waals surface area contributed by atoms with Crippen LogP contribution in [0.3, 0.4) is 0 Å². The van der Waals surface area contributed by atoms with Gasteiger partial charge in [0.2, 0.25) is 0 Å². The van der Waals surface area contributed by atoms with Crippen molar-refractivity contribution < 1.29 is 0 Å². The lowest BCUT2D eigenvalue weighted by atomic mass is 10.4. The highest BCUT2D eigenvalue weighted by Crippen LogP contribution is 2.07. The van der Waals surface area contributed by atoms with Gasteiger partial charge in [0.25, 0.3) is 0 Å². The Morgan fingerprint density at radius 3 is 3.07 bits per heavy atom. The number of rotatable bonds is 4. The molecule has 0 amide bonds. The molecule has 74 valence electrons. The van der Waals surface area contributed by atoms with Gasteiger partial charge in [-0.15, -0.1) is 11.3 Å². The monoisotopic (exact) mass is 208 g/mol. The molecule has 0 aromatic carbocycles. The second-order valence-corrected chi connectivity index (χ2v) is 4.11. The summed E-state index contributed by atoms with van der Waals surface area (Å²) in [7, 11) is 0. The Bertz CT molecular complexity index is 379. The van der Waals surface area contributed by atoms with Crippen molar-refractivity contribution in [1.29, 1.82) is 0 Å². The zero-order valence-electron chi connectivity index (χ0n) is 7.95. The van der Waals surface area contributed by atoms with Gasteiger partial charge in [-0.2, -0.15) is 5.10 Å². The minimum absolute atomic E-state index is 0.802. The van der Waals surface area contributed by atoms with E-state index in [2.05, 4.69) is 25.9 Å². The minimum atomic E-state index is 0.802. The maximum absolute atomic E-state index is 4.36. The van der Waals surface area contributed by atoms with Crippen LogP contribution in [0.2, 0.25) is 0 Å². The number of hydrogen-bond acceptors (Lipinski definition) is 4. The summed E-state index contributed by atoms with van der Waals surface area (Å²) in [6, 6.07) is 1.96. The molecule has 0 saturated carbocycles. The fraction of sp³-hybridized carbons (Fsp3) is 0.333. The van der Waals surface area contributed by atoms with Gasteiger partial charge in [0.05, 0.1) is 10.7 Å². The molecule has 0 aliphatic carbocycles. The smallest absolute Gasteiger partial charge is 0.0897 e. The van der Waals surface area contributed by atoms with Gasteiger partial charge < -0.3 is 5.32 Å². The molecule has 4 nitrogen and oxygen atoms in total. The Morgan fingerprint density at radius 1 is 1.50 bits per heavy atom. The SMILES string of the molecule is Cc1nc(CNCc2ccn[nH]2)cs1. The molecule has 2 aromatic rings. The molecule has 5 heteroatoms. The Labute approximate surface area is 86.4 Å². The van der Waals surface area contributed by atoms with E-state index in [4.69, 9.17) is 0 Å². The average Bonchev–Trinajstić information content (AvgIpc) is 2.77. The molecule has 0 aliphatic heterocycles. The summed E-state index contributed by atoms with van der Waals surface area (Å²) in [4.78, 5) is 4.36. The van der Waals surface area contributed by atoms with Gasteiger partial charge >= 0.3 is 0 Å². The largest absolute Gasteiger partial charge is 0.305 e. The van der Waals surface area contributed by atoms with Crippen LogP contribution in [0, 0.1) is 6.92 Å². The third-order valence-corrected chi connectivity index (χ3v) is 2.67. The van der Waals surface area contributed by atoms with E-state index in [1.807, 2.05) is 13.0 Å². The standard InChI is InChI=1S/C9H12N4S/c1-7-12-9(6-14-7)5-10-4-8-2-3-11-13-8/h2-3,6,10H,4-5H2,1H3,(H,11,13). The highest BCUT2D eigenvalue weighted by atomic mass is 32.1. The maximum atomic E-state index is 4.36. The highest BCUT2D eigenvalue weighted by molar-refractivity contribution is 7.09. The van der Waals surface area contributed by atoms with Crippen LogP contribution in [0.1, 0.15) is 16.4 Å². The molecule has 0 unspecified atom stereocenters. The topological polar surface area (TPSA) is 53.6 Å². The van der Waals surface area contributed by atoms with Crippen LogP contribution in [0.15, 0.2) is 17.6 Å². The van der Waals surface area contributed by atoms with Crippen LogP contribution in [0.4, 0.5) is 0 Å². The van der Waals surface area contributed by atoms with Crippen molar-refractivity contribution >= 4 is 11.3 Å². The fourth-order valence-corrected chi connectivity index (χ4v) is 1.81. The van der Waals surface area contributed by atoms with E-state index in [1.54, 1.807) is 17.5 Å². The number of nitrogens with one attached hydrogen (secondary N) is 2. The predicted octanol–water partition coefficient (Wildman–Crippen LogP) is 1.46. The van der Waals surface area contributed by atoms with Crippen LogP contribution >= 0.6 is 11.3 Å². The molecule has 2 heterocycles. The minimum Gasteiger partial charge on any atom is -0.305 e. The third kappa shape index (κ3) is 2.40. The predicted molar refractivity (Wildman–Crippen MR) is 56.0 cm³/mol. The highest BCUT2D eigenvalue weighted by Gasteiger charge is 1.98. The van der Waals surface area contributed by atoms with Gasteiger partial charge in [0.15, 0.2) is 0 Å². The summed E-state index contributed by atoms with van der Waals surface area (Å²) < 4.78 is 0. The van der Waals surface area contributed by atoms with Crippen molar-refractivity contribution in [2.24, 2.45) is 0 Å². The first-order valence-corrected chi connectivity index (χ1v) is 5.32. The number of aromatic nitrogens is 3. The number of H-pyrrole nitrogens is 1. The van der Waals surface area contributed by atoms with Gasteiger partial charge in [-0.1, -0.05) is 0 Å². The van der Waals surface area contributed by atoms with E-state index in [9.17, 15) is 0 Å². The summed E-state index contributed by atoms with van der Waals surface area (Å²) in [5, 5.41) is 13.3. The molecule has 0 atom stereocenters. The van der Waals surface area contributed by atoms with Crippen molar-refractivity contribution in [2.45, 2.75) is 20.0 Å². The number of nitrogens with zero attached hydrogens (tertiary/aromatic N) is 2. The van der Waals surface area contributed by atoms with E-state index < -0.39 is 0 Å². The first kappa shape index (κ1) is 9.36. The normalized spacial score (nSPS) is 10.6. The van der Waals surface area contributed by atoms with E-state index in [1.165, 1.54) is 0 Å². The van der Waals surface area contributed by atoms with E-state index in [0.717, 1.165) is 29.5 Å². The lowest BCUT2D eigenvalue weighted by molar-refractivity contribution is 0.667. The third-order valence-electron chi connectivity index (χ3n) is 1.85. The van der Waals surface area contributed by atoms with Gasteiger partial charge in [-0.3, -0.25) is 5.10 Å². The van der Waals surface area contributed by atoms with E-state index in [0.29, 0.717) is 0 Å². The molecule has 2 aromatic heterocycles. The molecule has 0 spiro atoms. The lowest BCUT2D eigenvalue weighted by Crippen LogP contribution is -2.13. The molecular weight excluding hydrogens is 196 g/mol. The summed E-state index contributed by atoms with van der Waals surface area (Å²) in [6.07, 6.45) is 1.75. The molecule has 0 fully saturated rings. The molecule has 2 N–H and O–H groups in total. The molecule has 0 saturated heterocycles. The second kappa shape index (κ2) is 4.34. The first-order valence-electron chi connectivity index (χ1n) is 4.44. The number of hydrogen-bond donors (Lipinski definition) is 2. The molecule has 14 heavy (non-hydrogen) atoms. The molecular formula is C9H12N4S. The van der Waals surface area contributed by atoms with Crippen LogP contribution in [0.5, 0.6) is 0 Å². The Balaban J connectivity index is 1.78. The Morgan fingerprint density at radius 2 is 2.43 bits per heavy atom. The molecule has 0 radical (unpaired) electrons. The van der Waals surface area contributed by atoms with Gasteiger partial charge in [0, 0.05) is 30.4 Å². The van der Waals surface area contributed by atoms with Crippen LogP contribution in [-0.2, 0) is 13.1 Å². The van der Waals surface area contributed by atoms with Gasteiger partial charge in [0.1, 0.15) is 0 Å². The van der Waals surface area contributed by atoms with Crippen molar-refractivity contribution in [2.75, 3.05) is 0 Å². The molecule has 0 aliphatic rings. The average molecular weight is 208 g/mol. The number of aryl methyl sites for hydroxylation is 1. The van der Waals surface area contributed by atoms with Crippen LogP contribution in [-0.4, -0.2) is 15.2 Å². The van der Waals surface area contributed by atoms with Crippen molar-refractivity contribution in [3.8, 4) is 0 Å². The Kier molecular flexibility index (Phi) is 2.90. The summed E-state index contributed by atoms with van der Waals surface area (Å²) in [5.41, 5.74) is 2.20. The Hall–Kier alpha value is -1.20. The van der Waals surface area contributed by atoms with Crippen molar-refractivity contribution in [1.82, 2.24) is 20.5 Å². The fourth-order valence-electron chi connectivity index (χ4n) is 1.20. The lowest BCUT2D eigenvalue weighted by Gasteiger charge is -1.99. The molecule has 0 bridgehead atoms. The van der Waals surface area contributed by atoms with Gasteiger partial charge in [-0.05, 0) is 13.0 Å². The molecule has 2 rings (SSSR count).